The highest BCUT2D eigenvalue weighted by Gasteiger charge is 2.11. The first-order chi connectivity index (χ1) is 9.51. The van der Waals surface area contributed by atoms with Crippen LogP contribution in [0.3, 0.4) is 0 Å². The number of nitrogens with one attached hydrogen (secondary N) is 1. The van der Waals surface area contributed by atoms with Crippen LogP contribution in [0.5, 0.6) is 0 Å². The lowest BCUT2D eigenvalue weighted by molar-refractivity contribution is 0.0594. The zero-order chi connectivity index (χ0) is 14.7. The third kappa shape index (κ3) is 3.31. The minimum absolute atomic E-state index is 0.188. The van der Waals surface area contributed by atoms with Crippen molar-refractivity contribution in [2.75, 3.05) is 18.2 Å². The average Bonchev–Trinajstić information content (AvgIpc) is 2.43. The number of anilines is 3. The van der Waals surface area contributed by atoms with Gasteiger partial charge in [0.1, 0.15) is 0 Å². The molecular formula is C13H11ClIN3O2. The van der Waals surface area contributed by atoms with Gasteiger partial charge in [0.2, 0.25) is 0 Å². The summed E-state index contributed by atoms with van der Waals surface area (Å²) in [5, 5.41) is 3.72. The minimum Gasteiger partial charge on any atom is -0.464 e. The van der Waals surface area contributed by atoms with Gasteiger partial charge in [0.25, 0.3) is 0 Å². The van der Waals surface area contributed by atoms with Crippen LogP contribution in [0.15, 0.2) is 30.3 Å². The zero-order valence-corrected chi connectivity index (χ0v) is 13.4. The number of hydrogen-bond donors (Lipinski definition) is 2. The monoisotopic (exact) mass is 403 g/mol. The van der Waals surface area contributed by atoms with E-state index in [4.69, 9.17) is 17.3 Å². The Morgan fingerprint density at radius 1 is 1.40 bits per heavy atom. The fourth-order valence-electron chi connectivity index (χ4n) is 1.51. The van der Waals surface area contributed by atoms with E-state index < -0.39 is 5.97 Å². The van der Waals surface area contributed by atoms with E-state index in [9.17, 15) is 4.79 Å². The summed E-state index contributed by atoms with van der Waals surface area (Å²) in [5.41, 5.74) is 7.28. The van der Waals surface area contributed by atoms with Crippen LogP contribution in [0, 0.1) is 3.57 Å². The third-order valence-electron chi connectivity index (χ3n) is 2.51. The van der Waals surface area contributed by atoms with Gasteiger partial charge in [-0.15, -0.1) is 0 Å². The van der Waals surface area contributed by atoms with Crippen molar-refractivity contribution in [1.82, 2.24) is 4.98 Å². The molecule has 2 rings (SSSR count). The van der Waals surface area contributed by atoms with E-state index in [0.717, 1.165) is 9.26 Å². The normalized spacial score (nSPS) is 10.2. The summed E-state index contributed by atoms with van der Waals surface area (Å²) in [6.07, 6.45) is 0. The molecular weight excluding hydrogens is 393 g/mol. The first kappa shape index (κ1) is 14.9. The minimum atomic E-state index is -0.515. The van der Waals surface area contributed by atoms with Gasteiger partial charge >= 0.3 is 5.97 Å². The van der Waals surface area contributed by atoms with Crippen LogP contribution in [0.4, 0.5) is 17.2 Å². The Kier molecular flexibility index (Phi) is 4.66. The number of esters is 1. The fourth-order valence-corrected chi connectivity index (χ4v) is 2.51. The van der Waals surface area contributed by atoms with Crippen molar-refractivity contribution >= 4 is 57.4 Å². The van der Waals surface area contributed by atoms with E-state index in [1.54, 1.807) is 12.1 Å². The van der Waals surface area contributed by atoms with Crippen LogP contribution in [0.1, 0.15) is 10.5 Å². The largest absolute Gasteiger partial charge is 0.464 e. The molecule has 0 unspecified atom stereocenters. The average molecular weight is 404 g/mol. The number of nitrogens with two attached hydrogens (primary N) is 1. The maximum atomic E-state index is 11.5. The molecule has 0 bridgehead atoms. The van der Waals surface area contributed by atoms with Crippen LogP contribution in [-0.2, 0) is 4.74 Å². The molecule has 0 aliphatic rings. The van der Waals surface area contributed by atoms with Gasteiger partial charge < -0.3 is 15.8 Å². The number of nitrogen functional groups attached to an aromatic ring is 1. The molecule has 0 fully saturated rings. The summed E-state index contributed by atoms with van der Waals surface area (Å²) in [6.45, 7) is 0. The second-order valence-electron chi connectivity index (χ2n) is 3.88. The highest BCUT2D eigenvalue weighted by Crippen LogP contribution is 2.27. The van der Waals surface area contributed by atoms with E-state index in [-0.39, 0.29) is 5.69 Å². The van der Waals surface area contributed by atoms with Crippen molar-refractivity contribution in [1.29, 1.82) is 0 Å². The van der Waals surface area contributed by atoms with Crippen molar-refractivity contribution in [3.05, 3.63) is 44.6 Å². The first-order valence-electron chi connectivity index (χ1n) is 5.58. The second kappa shape index (κ2) is 6.27. The fraction of sp³-hybridized carbons (Fsp3) is 0.0769. The highest BCUT2D eigenvalue weighted by atomic mass is 127. The summed E-state index contributed by atoms with van der Waals surface area (Å²) < 4.78 is 5.55. The van der Waals surface area contributed by atoms with Crippen molar-refractivity contribution in [2.45, 2.75) is 0 Å². The Bertz CT molecular complexity index is 664. The standard InChI is InChI=1S/C13H11ClIN3O2/c1-20-13(19)11-5-3-9(16)12(18-11)17-10-4-2-7(14)6-8(10)15/h2-6H,16H2,1H3,(H,17,18). The van der Waals surface area contributed by atoms with Crippen molar-refractivity contribution in [2.24, 2.45) is 0 Å². The Morgan fingerprint density at radius 3 is 2.80 bits per heavy atom. The van der Waals surface area contributed by atoms with Gasteiger partial charge in [-0.25, -0.2) is 9.78 Å². The van der Waals surface area contributed by atoms with Gasteiger partial charge in [-0.05, 0) is 52.9 Å². The molecule has 0 aliphatic carbocycles. The molecule has 104 valence electrons. The SMILES string of the molecule is COC(=O)c1ccc(N)c(Nc2ccc(Cl)cc2I)n1. The smallest absolute Gasteiger partial charge is 0.356 e. The third-order valence-corrected chi connectivity index (χ3v) is 3.63. The lowest BCUT2D eigenvalue weighted by Crippen LogP contribution is -2.08. The van der Waals surface area contributed by atoms with Gasteiger partial charge in [-0.3, -0.25) is 0 Å². The van der Waals surface area contributed by atoms with E-state index in [1.165, 1.54) is 13.2 Å². The Balaban J connectivity index is 2.35. The number of carbonyl (C=O) groups is 1. The van der Waals surface area contributed by atoms with Crippen LogP contribution in [0.25, 0.3) is 0 Å². The van der Waals surface area contributed by atoms with E-state index in [2.05, 4.69) is 37.6 Å². The number of aromatic nitrogens is 1. The lowest BCUT2D eigenvalue weighted by atomic mass is 10.3. The summed E-state index contributed by atoms with van der Waals surface area (Å²) in [6, 6.07) is 8.50. The number of methoxy groups -OCH3 is 1. The van der Waals surface area contributed by atoms with Gasteiger partial charge in [0, 0.05) is 8.59 Å². The summed E-state index contributed by atoms with van der Waals surface area (Å²) >= 11 is 8.05. The Morgan fingerprint density at radius 2 is 2.15 bits per heavy atom. The van der Waals surface area contributed by atoms with E-state index >= 15 is 0 Å². The number of carbonyl (C=O) groups excluding carboxylic acids is 1. The molecule has 1 aromatic heterocycles. The molecule has 0 atom stereocenters. The molecule has 0 saturated carbocycles. The molecule has 0 amide bonds. The van der Waals surface area contributed by atoms with E-state index in [1.807, 2.05) is 12.1 Å². The highest BCUT2D eigenvalue weighted by molar-refractivity contribution is 14.1. The van der Waals surface area contributed by atoms with Crippen molar-refractivity contribution in [3.8, 4) is 0 Å². The van der Waals surface area contributed by atoms with Crippen molar-refractivity contribution < 1.29 is 9.53 Å². The first-order valence-corrected chi connectivity index (χ1v) is 7.04. The van der Waals surface area contributed by atoms with Crippen LogP contribution in [0.2, 0.25) is 5.02 Å². The van der Waals surface area contributed by atoms with Gasteiger partial charge in [-0.2, -0.15) is 0 Å². The summed E-state index contributed by atoms with van der Waals surface area (Å²) in [4.78, 5) is 15.6. The number of hydrogen-bond acceptors (Lipinski definition) is 5. The Labute approximate surface area is 134 Å². The molecule has 3 N–H and O–H groups in total. The molecule has 1 heterocycles. The molecule has 2 aromatic rings. The van der Waals surface area contributed by atoms with Crippen LogP contribution >= 0.6 is 34.2 Å². The number of benzene rings is 1. The maximum Gasteiger partial charge on any atom is 0.356 e. The number of rotatable bonds is 3. The second-order valence-corrected chi connectivity index (χ2v) is 5.47. The molecule has 0 saturated heterocycles. The number of halogens is 2. The topological polar surface area (TPSA) is 77.2 Å². The molecule has 0 aliphatic heterocycles. The quantitative estimate of drug-likeness (QED) is 0.606. The van der Waals surface area contributed by atoms with E-state index in [0.29, 0.717) is 16.5 Å². The molecule has 0 radical (unpaired) electrons. The van der Waals surface area contributed by atoms with Crippen LogP contribution in [-0.4, -0.2) is 18.1 Å². The molecule has 5 nitrogen and oxygen atoms in total. The Hall–Kier alpha value is -1.54. The van der Waals surface area contributed by atoms with Crippen LogP contribution < -0.4 is 11.1 Å². The number of nitrogens with zero attached hydrogens (tertiary/aromatic N) is 1. The number of pyridine rings is 1. The van der Waals surface area contributed by atoms with Gasteiger partial charge in [-0.1, -0.05) is 11.6 Å². The molecule has 20 heavy (non-hydrogen) atoms. The molecule has 0 spiro atoms. The lowest BCUT2D eigenvalue weighted by Gasteiger charge is -2.11. The van der Waals surface area contributed by atoms with Gasteiger partial charge in [0.15, 0.2) is 11.5 Å². The van der Waals surface area contributed by atoms with Gasteiger partial charge in [0.05, 0.1) is 18.5 Å². The maximum absolute atomic E-state index is 11.5. The predicted octanol–water partition coefficient (Wildman–Crippen LogP) is 3.45. The molecule has 7 heteroatoms. The molecule has 1 aromatic carbocycles. The zero-order valence-electron chi connectivity index (χ0n) is 10.5. The summed E-state index contributed by atoms with van der Waals surface area (Å²) in [7, 11) is 1.30. The van der Waals surface area contributed by atoms with Crippen molar-refractivity contribution in [3.63, 3.8) is 0 Å². The number of ether oxygens (including phenoxy) is 1. The summed E-state index contributed by atoms with van der Waals surface area (Å²) in [5.74, 6) is -0.119. The predicted molar refractivity (Wildman–Crippen MR) is 87.4 cm³/mol.